The Labute approximate surface area is 151 Å². The van der Waals surface area contributed by atoms with Crippen molar-refractivity contribution in [1.29, 1.82) is 0 Å². The first-order chi connectivity index (χ1) is 12.2. The maximum Gasteiger partial charge on any atom is 0.306 e. The summed E-state index contributed by atoms with van der Waals surface area (Å²) in [6.45, 7) is 7.48. The Bertz CT molecular complexity index is 469. The maximum absolute atomic E-state index is 11.9. The number of nitrogens with zero attached hydrogens (tertiary/aromatic N) is 2. The van der Waals surface area contributed by atoms with Crippen molar-refractivity contribution in [3.8, 4) is 0 Å². The smallest absolute Gasteiger partial charge is 0.306 e. The highest BCUT2D eigenvalue weighted by molar-refractivity contribution is 5.80. The van der Waals surface area contributed by atoms with Crippen LogP contribution in [-0.4, -0.2) is 62.3 Å². The Balaban J connectivity index is 1.41. The van der Waals surface area contributed by atoms with E-state index in [2.05, 4.69) is 17.1 Å². The van der Waals surface area contributed by atoms with Crippen molar-refractivity contribution in [1.82, 2.24) is 10.2 Å². The fourth-order valence-electron chi connectivity index (χ4n) is 4.17. The lowest BCUT2D eigenvalue weighted by molar-refractivity contribution is -0.148. The van der Waals surface area contributed by atoms with Gasteiger partial charge in [-0.15, -0.1) is 0 Å². The van der Waals surface area contributed by atoms with E-state index >= 15 is 0 Å². The molecule has 142 valence electrons. The molecule has 2 heterocycles. The topological polar surface area (TPSA) is 63.2 Å². The number of likely N-dealkylation sites (tertiary alicyclic amines) is 1. The van der Waals surface area contributed by atoms with E-state index in [0.29, 0.717) is 18.4 Å². The first-order valence-electron chi connectivity index (χ1n) is 10.0. The molecule has 1 spiro atoms. The number of ether oxygens (including phenoxy) is 2. The zero-order valence-electron chi connectivity index (χ0n) is 15.6. The SMILES string of the molecule is CCNC(=NCCCC(=O)OC1CCCC1)N1CCC2(CCOC2)C1. The number of esters is 1. The number of hydrogen-bond acceptors (Lipinski definition) is 4. The molecule has 0 aromatic carbocycles. The molecule has 3 fully saturated rings. The Kier molecular flexibility index (Phi) is 6.57. The van der Waals surface area contributed by atoms with Gasteiger partial charge in [-0.1, -0.05) is 0 Å². The number of guanidine groups is 1. The molecule has 25 heavy (non-hydrogen) atoms. The van der Waals surface area contributed by atoms with Gasteiger partial charge in [0.15, 0.2) is 5.96 Å². The van der Waals surface area contributed by atoms with Gasteiger partial charge in [0.05, 0.1) is 6.61 Å². The van der Waals surface area contributed by atoms with Crippen molar-refractivity contribution in [2.24, 2.45) is 10.4 Å². The first kappa shape index (κ1) is 18.5. The molecule has 0 aromatic rings. The van der Waals surface area contributed by atoms with E-state index in [9.17, 15) is 4.79 Å². The van der Waals surface area contributed by atoms with Gasteiger partial charge in [0.1, 0.15) is 6.10 Å². The van der Waals surface area contributed by atoms with E-state index in [1.807, 2.05) is 0 Å². The molecule has 0 bridgehead atoms. The van der Waals surface area contributed by atoms with E-state index in [4.69, 9.17) is 14.5 Å². The van der Waals surface area contributed by atoms with E-state index in [0.717, 1.165) is 64.5 Å². The van der Waals surface area contributed by atoms with E-state index in [1.165, 1.54) is 19.3 Å². The normalized spacial score (nSPS) is 27.4. The minimum absolute atomic E-state index is 0.0599. The molecule has 0 radical (unpaired) electrons. The maximum atomic E-state index is 11.9. The average Bonchev–Trinajstić information content (AvgIpc) is 3.35. The highest BCUT2D eigenvalue weighted by atomic mass is 16.5. The van der Waals surface area contributed by atoms with Crippen LogP contribution in [0.5, 0.6) is 0 Å². The lowest BCUT2D eigenvalue weighted by Crippen LogP contribution is -2.41. The van der Waals surface area contributed by atoms with Gasteiger partial charge in [-0.2, -0.15) is 0 Å². The Morgan fingerprint density at radius 3 is 2.92 bits per heavy atom. The predicted molar refractivity (Wildman–Crippen MR) is 97.6 cm³/mol. The molecular formula is C19H33N3O3. The molecule has 1 N–H and O–H groups in total. The van der Waals surface area contributed by atoms with Gasteiger partial charge in [-0.3, -0.25) is 9.79 Å². The quantitative estimate of drug-likeness (QED) is 0.344. The number of hydrogen-bond donors (Lipinski definition) is 1. The molecule has 6 heteroatoms. The summed E-state index contributed by atoms with van der Waals surface area (Å²) in [5, 5.41) is 3.40. The Morgan fingerprint density at radius 2 is 2.20 bits per heavy atom. The van der Waals surface area contributed by atoms with Crippen LogP contribution >= 0.6 is 0 Å². The second-order valence-corrected chi connectivity index (χ2v) is 7.71. The molecule has 0 amide bonds. The van der Waals surface area contributed by atoms with Crippen molar-refractivity contribution in [3.63, 3.8) is 0 Å². The van der Waals surface area contributed by atoms with Gasteiger partial charge in [0, 0.05) is 44.6 Å². The summed E-state index contributed by atoms with van der Waals surface area (Å²) < 4.78 is 11.1. The lowest BCUT2D eigenvalue weighted by atomic mass is 9.87. The molecule has 1 unspecified atom stereocenters. The van der Waals surface area contributed by atoms with Crippen molar-refractivity contribution in [3.05, 3.63) is 0 Å². The van der Waals surface area contributed by atoms with E-state index in [1.54, 1.807) is 0 Å². The van der Waals surface area contributed by atoms with Crippen LogP contribution < -0.4 is 5.32 Å². The van der Waals surface area contributed by atoms with Gasteiger partial charge >= 0.3 is 5.97 Å². The molecule has 3 rings (SSSR count). The Morgan fingerprint density at radius 1 is 1.36 bits per heavy atom. The molecule has 1 aliphatic carbocycles. The second kappa shape index (κ2) is 8.88. The van der Waals surface area contributed by atoms with Crippen LogP contribution in [0.15, 0.2) is 4.99 Å². The van der Waals surface area contributed by atoms with Gasteiger partial charge in [-0.25, -0.2) is 0 Å². The van der Waals surface area contributed by atoms with Crippen LogP contribution in [0.25, 0.3) is 0 Å². The summed E-state index contributed by atoms with van der Waals surface area (Å²) in [4.78, 5) is 19.0. The molecule has 2 aliphatic heterocycles. The van der Waals surface area contributed by atoms with Gasteiger partial charge in [0.2, 0.25) is 0 Å². The Hall–Kier alpha value is -1.30. The average molecular weight is 351 g/mol. The summed E-state index contributed by atoms with van der Waals surface area (Å²) in [5.74, 6) is 0.922. The third-order valence-corrected chi connectivity index (χ3v) is 5.66. The number of nitrogens with one attached hydrogen (secondary N) is 1. The third kappa shape index (κ3) is 5.09. The predicted octanol–water partition coefficient (Wildman–Crippen LogP) is 2.33. The van der Waals surface area contributed by atoms with E-state index < -0.39 is 0 Å². The largest absolute Gasteiger partial charge is 0.462 e. The summed E-state index contributed by atoms with van der Waals surface area (Å²) in [6, 6.07) is 0. The van der Waals surface area contributed by atoms with Crippen molar-refractivity contribution in [2.45, 2.75) is 64.4 Å². The minimum atomic E-state index is -0.0599. The molecule has 2 saturated heterocycles. The van der Waals surface area contributed by atoms with Crippen LogP contribution in [0.3, 0.4) is 0 Å². The first-order valence-corrected chi connectivity index (χ1v) is 10.0. The van der Waals surface area contributed by atoms with Gasteiger partial charge in [0.25, 0.3) is 0 Å². The van der Waals surface area contributed by atoms with Crippen LogP contribution in [0.4, 0.5) is 0 Å². The fourth-order valence-corrected chi connectivity index (χ4v) is 4.17. The van der Waals surface area contributed by atoms with Gasteiger partial charge in [-0.05, 0) is 51.9 Å². The van der Waals surface area contributed by atoms with Crippen LogP contribution in [0.1, 0.15) is 58.3 Å². The standard InChI is InChI=1S/C19H33N3O3/c1-2-20-18(22-12-9-19(14-22)10-13-24-15-19)21-11-5-8-17(23)25-16-6-3-4-7-16/h16H,2-15H2,1H3,(H,20,21). The van der Waals surface area contributed by atoms with Crippen LogP contribution in [0, 0.1) is 5.41 Å². The monoisotopic (exact) mass is 351 g/mol. The van der Waals surface area contributed by atoms with Crippen LogP contribution in [-0.2, 0) is 14.3 Å². The number of carbonyl (C=O) groups excluding carboxylic acids is 1. The highest BCUT2D eigenvalue weighted by Crippen LogP contribution is 2.38. The number of rotatable bonds is 6. The molecule has 0 aromatic heterocycles. The highest BCUT2D eigenvalue weighted by Gasteiger charge is 2.42. The lowest BCUT2D eigenvalue weighted by Gasteiger charge is -2.25. The summed E-state index contributed by atoms with van der Waals surface area (Å²) in [5.41, 5.74) is 0.335. The number of carbonyl (C=O) groups is 1. The van der Waals surface area contributed by atoms with Gasteiger partial charge < -0.3 is 19.7 Å². The fraction of sp³-hybridized carbons (Fsp3) is 0.895. The van der Waals surface area contributed by atoms with E-state index in [-0.39, 0.29) is 12.1 Å². The van der Waals surface area contributed by atoms with Crippen LogP contribution in [0.2, 0.25) is 0 Å². The minimum Gasteiger partial charge on any atom is -0.462 e. The summed E-state index contributed by atoms with van der Waals surface area (Å²) >= 11 is 0. The molecular weight excluding hydrogens is 318 g/mol. The molecule has 1 atom stereocenters. The van der Waals surface area contributed by atoms with Crippen molar-refractivity contribution < 1.29 is 14.3 Å². The van der Waals surface area contributed by atoms with Crippen molar-refractivity contribution >= 4 is 11.9 Å². The third-order valence-electron chi connectivity index (χ3n) is 5.66. The summed E-state index contributed by atoms with van der Waals surface area (Å²) in [7, 11) is 0. The zero-order chi connectivity index (χ0) is 17.5. The zero-order valence-corrected chi connectivity index (χ0v) is 15.6. The van der Waals surface area contributed by atoms with Crippen molar-refractivity contribution in [2.75, 3.05) is 39.4 Å². The molecule has 1 saturated carbocycles. The second-order valence-electron chi connectivity index (χ2n) is 7.71. The molecule has 3 aliphatic rings. The number of aliphatic imine (C=N–C) groups is 1. The molecule has 6 nitrogen and oxygen atoms in total. The summed E-state index contributed by atoms with van der Waals surface area (Å²) in [6.07, 6.45) is 8.19.